The molecule has 7 atom stereocenters. The first-order chi connectivity index (χ1) is 32.2. The SMILES string of the molecule is CCCCCCCCC/C=C\CCCCCCCC(=O)OCCCCCCCC/C=C\CCCCCC(=O)NC(COC1OC(CO)C(O)C(O)C1O)C(O)/C=C/CCCCCCCCC. The minimum absolute atomic E-state index is 0.0430. The number of unbranched alkanes of at least 4 members (excludes halogenated alkanes) is 28. The number of esters is 1. The Labute approximate surface area is 403 Å². The molecule has 6 N–H and O–H groups in total. The number of carbonyl (C=O) groups excluding carboxylic acids is 2. The lowest BCUT2D eigenvalue weighted by molar-refractivity contribution is -0.302. The molecule has 1 saturated heterocycles. The molecule has 0 aliphatic carbocycles. The van der Waals surface area contributed by atoms with Gasteiger partial charge in [-0.1, -0.05) is 179 Å². The summed E-state index contributed by atoms with van der Waals surface area (Å²) < 4.78 is 16.6. The monoisotopic (exact) mass is 936 g/mol. The van der Waals surface area contributed by atoms with Gasteiger partial charge in [-0.3, -0.25) is 9.59 Å². The zero-order valence-corrected chi connectivity index (χ0v) is 42.2. The Hall–Kier alpha value is -2.12. The van der Waals surface area contributed by atoms with E-state index in [9.17, 15) is 35.1 Å². The lowest BCUT2D eigenvalue weighted by Crippen LogP contribution is -2.60. The first kappa shape index (κ1) is 61.9. The van der Waals surface area contributed by atoms with Crippen molar-refractivity contribution in [3.63, 3.8) is 0 Å². The maximum absolute atomic E-state index is 12.9. The topological polar surface area (TPSA) is 175 Å². The van der Waals surface area contributed by atoms with Crippen LogP contribution in [0.25, 0.3) is 0 Å². The molecule has 0 saturated carbocycles. The Morgan fingerprint density at radius 3 is 1.47 bits per heavy atom. The van der Waals surface area contributed by atoms with Crippen molar-refractivity contribution in [1.82, 2.24) is 5.32 Å². The average Bonchev–Trinajstić information content (AvgIpc) is 3.31. The number of nitrogens with one attached hydrogen (secondary N) is 1. The first-order valence-electron chi connectivity index (χ1n) is 27.3. The van der Waals surface area contributed by atoms with E-state index in [-0.39, 0.29) is 18.5 Å². The molecule has 1 aliphatic rings. The predicted molar refractivity (Wildman–Crippen MR) is 269 cm³/mol. The highest BCUT2D eigenvalue weighted by Gasteiger charge is 2.44. The second-order valence-electron chi connectivity index (χ2n) is 18.9. The fourth-order valence-electron chi connectivity index (χ4n) is 8.30. The lowest BCUT2D eigenvalue weighted by Gasteiger charge is -2.40. The van der Waals surface area contributed by atoms with Crippen molar-refractivity contribution in [3.05, 3.63) is 36.5 Å². The molecule has 0 bridgehead atoms. The van der Waals surface area contributed by atoms with Crippen LogP contribution in [0, 0.1) is 0 Å². The Morgan fingerprint density at radius 2 is 0.970 bits per heavy atom. The van der Waals surface area contributed by atoms with Crippen LogP contribution in [-0.4, -0.2) is 100 Å². The highest BCUT2D eigenvalue weighted by molar-refractivity contribution is 5.76. The van der Waals surface area contributed by atoms with Crippen LogP contribution in [0.2, 0.25) is 0 Å². The molecule has 0 aromatic rings. The molecule has 1 fully saturated rings. The molecule has 1 heterocycles. The summed E-state index contributed by atoms with van der Waals surface area (Å²) in [7, 11) is 0. The molecule has 0 spiro atoms. The number of aliphatic hydroxyl groups is 5. The number of aliphatic hydroxyl groups excluding tert-OH is 5. The number of amides is 1. The average molecular weight is 936 g/mol. The minimum Gasteiger partial charge on any atom is -0.466 e. The predicted octanol–water partition coefficient (Wildman–Crippen LogP) is 11.6. The van der Waals surface area contributed by atoms with Crippen molar-refractivity contribution in [1.29, 1.82) is 0 Å². The zero-order valence-electron chi connectivity index (χ0n) is 42.2. The van der Waals surface area contributed by atoms with E-state index in [2.05, 4.69) is 43.5 Å². The highest BCUT2D eigenvalue weighted by atomic mass is 16.7. The molecule has 1 rings (SSSR count). The van der Waals surface area contributed by atoms with Gasteiger partial charge in [-0.25, -0.2) is 0 Å². The Bertz CT molecular complexity index is 1190. The molecule has 1 aliphatic heterocycles. The van der Waals surface area contributed by atoms with Crippen molar-refractivity contribution in [2.45, 2.75) is 281 Å². The van der Waals surface area contributed by atoms with Gasteiger partial charge in [0.25, 0.3) is 0 Å². The van der Waals surface area contributed by atoms with E-state index >= 15 is 0 Å². The van der Waals surface area contributed by atoms with Crippen LogP contribution in [-0.2, 0) is 23.8 Å². The second-order valence-corrected chi connectivity index (χ2v) is 18.9. The molecule has 0 aromatic heterocycles. The van der Waals surface area contributed by atoms with Gasteiger partial charge < -0.3 is 45.1 Å². The summed E-state index contributed by atoms with van der Waals surface area (Å²) >= 11 is 0. The maximum atomic E-state index is 12.9. The number of hydrogen-bond acceptors (Lipinski definition) is 10. The third-order valence-corrected chi connectivity index (χ3v) is 12.7. The molecular weight excluding hydrogens is 835 g/mol. The van der Waals surface area contributed by atoms with Crippen molar-refractivity contribution in [3.8, 4) is 0 Å². The van der Waals surface area contributed by atoms with E-state index in [1.54, 1.807) is 6.08 Å². The summed E-state index contributed by atoms with van der Waals surface area (Å²) in [5.41, 5.74) is 0. The van der Waals surface area contributed by atoms with Crippen LogP contribution in [0.1, 0.15) is 239 Å². The zero-order chi connectivity index (χ0) is 48.1. The molecule has 11 heteroatoms. The van der Waals surface area contributed by atoms with Crippen LogP contribution >= 0.6 is 0 Å². The van der Waals surface area contributed by atoms with E-state index < -0.39 is 49.5 Å². The molecule has 0 radical (unpaired) electrons. The van der Waals surface area contributed by atoms with E-state index in [1.165, 1.54) is 135 Å². The highest BCUT2D eigenvalue weighted by Crippen LogP contribution is 2.23. The summed E-state index contributed by atoms with van der Waals surface area (Å²) in [4.78, 5) is 25.0. The Kier molecular flexibility index (Phi) is 42.5. The third kappa shape index (κ3) is 35.1. The summed E-state index contributed by atoms with van der Waals surface area (Å²) in [5.74, 6) is -0.258. The third-order valence-electron chi connectivity index (χ3n) is 12.7. The van der Waals surface area contributed by atoms with E-state index in [4.69, 9.17) is 14.2 Å². The van der Waals surface area contributed by atoms with Crippen molar-refractivity contribution < 1.29 is 49.3 Å². The number of allylic oxidation sites excluding steroid dienone is 5. The first-order valence-corrected chi connectivity index (χ1v) is 27.3. The van der Waals surface area contributed by atoms with Gasteiger partial charge in [0.05, 0.1) is 32.0 Å². The van der Waals surface area contributed by atoms with Crippen LogP contribution < -0.4 is 5.32 Å². The quantitative estimate of drug-likeness (QED) is 0.0196. The van der Waals surface area contributed by atoms with Gasteiger partial charge in [0, 0.05) is 12.8 Å². The van der Waals surface area contributed by atoms with Gasteiger partial charge in [-0.15, -0.1) is 0 Å². The lowest BCUT2D eigenvalue weighted by atomic mass is 9.99. The van der Waals surface area contributed by atoms with Crippen LogP contribution in [0.15, 0.2) is 36.5 Å². The van der Waals surface area contributed by atoms with Gasteiger partial charge in [0.1, 0.15) is 24.4 Å². The normalized spacial score (nSPS) is 19.9. The fourth-order valence-corrected chi connectivity index (χ4v) is 8.30. The largest absolute Gasteiger partial charge is 0.466 e. The van der Waals surface area contributed by atoms with Crippen LogP contribution in [0.3, 0.4) is 0 Å². The van der Waals surface area contributed by atoms with Crippen LogP contribution in [0.4, 0.5) is 0 Å². The minimum atomic E-state index is -1.58. The molecule has 7 unspecified atom stereocenters. The molecular formula is C55H101NO10. The van der Waals surface area contributed by atoms with Crippen molar-refractivity contribution in [2.24, 2.45) is 0 Å². The molecule has 66 heavy (non-hydrogen) atoms. The van der Waals surface area contributed by atoms with Crippen LogP contribution in [0.5, 0.6) is 0 Å². The maximum Gasteiger partial charge on any atom is 0.305 e. The van der Waals surface area contributed by atoms with Gasteiger partial charge in [-0.05, 0) is 83.5 Å². The number of ether oxygens (including phenoxy) is 3. The fraction of sp³-hybridized carbons (Fsp3) is 0.855. The summed E-state index contributed by atoms with van der Waals surface area (Å²) in [6.07, 6.45) is 43.8. The van der Waals surface area contributed by atoms with E-state index in [0.29, 0.717) is 25.9 Å². The standard InChI is InChI=1S/C55H101NO10/c1-3-5-7-9-11-13-14-15-16-17-20-23-27-31-35-39-43-51(60)64-44-40-36-32-28-24-21-18-19-22-26-30-34-38-42-50(59)56-47(48(58)41-37-33-29-25-12-10-8-6-4-2)46-65-55-54(63)53(62)52(61)49(45-57)66-55/h16-17,19,22,37,41,47-49,52-55,57-58,61-63H,3-15,18,20-21,23-36,38-40,42-46H2,1-2H3,(H,56,59)/b17-16-,22-19-,41-37+. The van der Waals surface area contributed by atoms with E-state index in [1.807, 2.05) is 6.08 Å². The van der Waals surface area contributed by atoms with Gasteiger partial charge >= 0.3 is 5.97 Å². The summed E-state index contributed by atoms with van der Waals surface area (Å²) in [5, 5.41) is 54.1. The van der Waals surface area contributed by atoms with Gasteiger partial charge in [-0.2, -0.15) is 0 Å². The summed E-state index contributed by atoms with van der Waals surface area (Å²) in [6, 6.07) is -0.829. The smallest absolute Gasteiger partial charge is 0.305 e. The van der Waals surface area contributed by atoms with E-state index in [0.717, 1.165) is 70.6 Å². The van der Waals surface area contributed by atoms with Gasteiger partial charge in [0.2, 0.25) is 5.91 Å². The Balaban J connectivity index is 2.11. The second kappa shape index (κ2) is 45.3. The number of carbonyl (C=O) groups is 2. The van der Waals surface area contributed by atoms with Crippen molar-refractivity contribution in [2.75, 3.05) is 19.8 Å². The molecule has 1 amide bonds. The molecule has 11 nitrogen and oxygen atoms in total. The molecule has 0 aromatic carbocycles. The number of hydrogen-bond donors (Lipinski definition) is 6. The van der Waals surface area contributed by atoms with Crippen molar-refractivity contribution >= 4 is 11.9 Å². The summed E-state index contributed by atoms with van der Waals surface area (Å²) in [6.45, 7) is 4.23. The Morgan fingerprint density at radius 1 is 0.545 bits per heavy atom. The molecule has 386 valence electrons. The van der Waals surface area contributed by atoms with Gasteiger partial charge in [0.15, 0.2) is 6.29 Å². The number of rotatable bonds is 46.